The van der Waals surface area contributed by atoms with Gasteiger partial charge in [-0.2, -0.15) is 29.5 Å². The average molecular weight is 924 g/mol. The van der Waals surface area contributed by atoms with Crippen LogP contribution in [0, 0.1) is 0 Å². The smallest absolute Gasteiger partial charge is 0.320 e. The molecule has 4 fully saturated rings. The molecule has 10 rings (SSSR count). The van der Waals surface area contributed by atoms with Gasteiger partial charge in [0.05, 0.1) is 24.7 Å². The van der Waals surface area contributed by atoms with Crippen molar-refractivity contribution < 1.29 is 25.2 Å². The zero-order valence-corrected chi connectivity index (χ0v) is 36.4. The summed E-state index contributed by atoms with van der Waals surface area (Å²) in [4.78, 5) is 47.2. The molecule has 0 spiro atoms. The molecule has 340 valence electrons. The Morgan fingerprint density at radius 3 is 1.39 bits per heavy atom. The molecule has 25 nitrogen and oxygen atoms in total. The highest BCUT2D eigenvalue weighted by atomic mass is 35.5. The molecule has 6 N–H and O–H groups in total. The summed E-state index contributed by atoms with van der Waals surface area (Å²) < 4.78 is 3.42. The predicted molar refractivity (Wildman–Crippen MR) is 226 cm³/mol. The number of hydrogen-bond acceptors (Lipinski definition) is 19. The monoisotopic (exact) mass is 922 g/mol. The number of aliphatic hydroxyl groups excluding tert-OH is 4. The minimum Gasteiger partial charge on any atom is -0.388 e. The van der Waals surface area contributed by atoms with E-state index < -0.39 is 48.6 Å². The van der Waals surface area contributed by atoms with Gasteiger partial charge >= 0.3 is 6.03 Å². The van der Waals surface area contributed by atoms with E-state index in [-0.39, 0.29) is 28.7 Å². The fraction of sp³-hybridized carbons (Fsp3) is 0.649. The van der Waals surface area contributed by atoms with Crippen LogP contribution in [0.5, 0.6) is 0 Å². The minimum atomic E-state index is -1.14. The number of likely N-dealkylation sites (tertiary alicyclic amines) is 2. The van der Waals surface area contributed by atoms with Gasteiger partial charge in [-0.15, -0.1) is 20.4 Å². The van der Waals surface area contributed by atoms with Crippen LogP contribution in [0.1, 0.15) is 88.2 Å². The van der Waals surface area contributed by atoms with Gasteiger partial charge in [-0.1, -0.05) is 13.8 Å². The minimum absolute atomic E-state index is 0.00499. The molecule has 64 heavy (non-hydrogen) atoms. The Labute approximate surface area is 374 Å². The van der Waals surface area contributed by atoms with Crippen molar-refractivity contribution >= 4 is 63.2 Å². The molecule has 0 aromatic carbocycles. The molecule has 27 heteroatoms. The molecule has 0 bridgehead atoms. The molecular weight excluding hydrogens is 875 g/mol. The lowest BCUT2D eigenvalue weighted by Gasteiger charge is -2.39. The second-order valence-electron chi connectivity index (χ2n) is 16.9. The SMILES string of the molecule is CCc1nnn([C@H]2C[C@@H](n3cnc4c(NC5CCN(C(=O)N6CCC(Nc7nc(Cl)nc8c7ncn8[C@@H]7C[C@H](n8nnc(CC)n8)[C@@H](O)[C@H]7O)CC6)CC5)nc(Cl)nc43)[C@H](O)[C@@H]2O)n1. The standard InChI is InChI=1S/C37H48Cl2N20O5/c1-3-23-48-52-58(50-23)21-13-19(27(60)29(21)62)56-15-40-25-31(44-35(38)46-33(25)56)42-17-5-9-54(10-6-17)37(64)55-11-7-18(8-12-55)43-32-26-34(47-36(39)45-32)57(16-41-26)20-14-22(30(63)28(20)61)59-51-24(4-2)49-53-59/h15-22,27-30,60-63H,3-14H2,1-2H3,(H,42,44,46)(H,43,45,47)/t19-,20-,21+,22+,27+,28+,29-,30-/m1/s1. The van der Waals surface area contributed by atoms with Crippen molar-refractivity contribution in [1.29, 1.82) is 0 Å². The molecule has 0 unspecified atom stereocenters. The summed E-state index contributed by atoms with van der Waals surface area (Å²) in [6.07, 6.45) is 3.07. The van der Waals surface area contributed by atoms with E-state index >= 15 is 0 Å². The third-order valence-electron chi connectivity index (χ3n) is 13.1. The topological polar surface area (TPSA) is 303 Å². The third kappa shape index (κ3) is 7.69. The third-order valence-corrected chi connectivity index (χ3v) is 13.5. The molecule has 2 saturated heterocycles. The summed E-state index contributed by atoms with van der Waals surface area (Å²) in [6, 6.07) is -2.39. The Morgan fingerprint density at radius 1 is 0.625 bits per heavy atom. The van der Waals surface area contributed by atoms with Gasteiger partial charge in [0.1, 0.15) is 36.5 Å². The molecular formula is C37H48Cl2N20O5. The number of nitrogens with one attached hydrogen (secondary N) is 2. The van der Waals surface area contributed by atoms with Crippen LogP contribution >= 0.6 is 23.2 Å². The second kappa shape index (κ2) is 17.2. The number of tetrazole rings is 2. The lowest BCUT2D eigenvalue weighted by Crippen LogP contribution is -2.51. The number of halogens is 2. The number of aliphatic hydroxyl groups is 4. The van der Waals surface area contributed by atoms with Crippen molar-refractivity contribution in [3.8, 4) is 0 Å². The normalized spacial score (nSPS) is 27.1. The van der Waals surface area contributed by atoms with Gasteiger partial charge in [0.15, 0.2) is 45.6 Å². The van der Waals surface area contributed by atoms with Crippen LogP contribution in [0.3, 0.4) is 0 Å². The first kappa shape index (κ1) is 42.5. The fourth-order valence-corrected chi connectivity index (χ4v) is 9.87. The Balaban J connectivity index is 0.738. The van der Waals surface area contributed by atoms with Crippen LogP contribution in [-0.2, 0) is 12.8 Å². The van der Waals surface area contributed by atoms with E-state index in [1.165, 1.54) is 9.59 Å². The molecule has 2 saturated carbocycles. The van der Waals surface area contributed by atoms with E-state index in [9.17, 15) is 25.2 Å². The van der Waals surface area contributed by atoms with Crippen molar-refractivity contribution in [2.45, 2.75) is 126 Å². The second-order valence-corrected chi connectivity index (χ2v) is 17.6. The van der Waals surface area contributed by atoms with E-state index in [1.807, 2.05) is 23.6 Å². The van der Waals surface area contributed by atoms with E-state index in [1.54, 1.807) is 21.8 Å². The van der Waals surface area contributed by atoms with Crippen LogP contribution in [-0.4, -0.2) is 178 Å². The molecule has 2 aliphatic heterocycles. The Morgan fingerprint density at radius 2 is 1.02 bits per heavy atom. The van der Waals surface area contributed by atoms with Crippen molar-refractivity contribution in [3.05, 3.63) is 34.9 Å². The first-order valence-electron chi connectivity index (χ1n) is 21.6. The van der Waals surface area contributed by atoms with Gasteiger partial charge in [-0.25, -0.2) is 14.8 Å². The summed E-state index contributed by atoms with van der Waals surface area (Å²) in [6.45, 7) is 5.98. The Hall–Kier alpha value is -5.47. The highest BCUT2D eigenvalue weighted by Crippen LogP contribution is 2.41. The first-order valence-corrected chi connectivity index (χ1v) is 22.4. The quantitative estimate of drug-likeness (QED) is 0.103. The first-order chi connectivity index (χ1) is 31.0. The molecule has 8 atom stereocenters. The maximum atomic E-state index is 13.7. The number of aromatic nitrogens is 16. The number of hydrogen-bond donors (Lipinski definition) is 6. The number of imidazole rings is 2. The molecule has 0 radical (unpaired) electrons. The van der Waals surface area contributed by atoms with Gasteiger partial charge in [0.25, 0.3) is 0 Å². The molecule has 8 heterocycles. The molecule has 6 aromatic heterocycles. The van der Waals surface area contributed by atoms with Gasteiger partial charge in [0, 0.05) is 51.1 Å². The lowest BCUT2D eigenvalue weighted by molar-refractivity contribution is 0.00473. The molecule has 4 aliphatic rings. The maximum Gasteiger partial charge on any atom is 0.320 e. The predicted octanol–water partition coefficient (Wildman–Crippen LogP) is 0.759. The number of urea groups is 1. The van der Waals surface area contributed by atoms with Crippen LogP contribution in [0.4, 0.5) is 16.4 Å². The summed E-state index contributed by atoms with van der Waals surface area (Å²) in [5.41, 5.74) is 1.78. The number of aryl methyl sites for hydroxylation is 2. The van der Waals surface area contributed by atoms with Crippen molar-refractivity contribution in [2.24, 2.45) is 0 Å². The van der Waals surface area contributed by atoms with Gasteiger partial charge < -0.3 is 50.0 Å². The van der Waals surface area contributed by atoms with Crippen molar-refractivity contribution in [1.82, 2.24) is 89.3 Å². The van der Waals surface area contributed by atoms with Crippen molar-refractivity contribution in [3.63, 3.8) is 0 Å². The zero-order valence-electron chi connectivity index (χ0n) is 34.9. The van der Waals surface area contributed by atoms with Gasteiger partial charge in [-0.05, 0) is 72.2 Å². The average Bonchev–Trinajstić information content (AvgIpc) is 4.17. The molecule has 6 aromatic rings. The van der Waals surface area contributed by atoms with E-state index in [0.29, 0.717) is 123 Å². The maximum absolute atomic E-state index is 13.7. The molecule has 2 amide bonds. The Bertz CT molecular complexity index is 2460. The van der Waals surface area contributed by atoms with Crippen LogP contribution in [0.15, 0.2) is 12.7 Å². The van der Waals surface area contributed by atoms with E-state index in [2.05, 4.69) is 71.4 Å². The number of fused-ring (bicyclic) bond motifs is 2. The summed E-state index contributed by atoms with van der Waals surface area (Å²) in [7, 11) is 0. The number of amides is 2. The van der Waals surface area contributed by atoms with Crippen LogP contribution in [0.2, 0.25) is 10.6 Å². The Kier molecular flexibility index (Phi) is 11.4. The number of rotatable bonds is 10. The fourth-order valence-electron chi connectivity index (χ4n) is 9.54. The zero-order chi connectivity index (χ0) is 44.4. The van der Waals surface area contributed by atoms with E-state index in [0.717, 1.165) is 0 Å². The highest BCUT2D eigenvalue weighted by Gasteiger charge is 2.47. The number of carbonyl (C=O) groups excluding carboxylic acids is 1. The van der Waals surface area contributed by atoms with E-state index in [4.69, 9.17) is 23.2 Å². The van der Waals surface area contributed by atoms with Gasteiger partial charge in [-0.3, -0.25) is 0 Å². The van der Waals surface area contributed by atoms with Crippen LogP contribution in [0.25, 0.3) is 22.3 Å². The molecule has 2 aliphatic carbocycles. The number of anilines is 2. The van der Waals surface area contributed by atoms with Crippen LogP contribution < -0.4 is 10.6 Å². The van der Waals surface area contributed by atoms with Crippen molar-refractivity contribution in [2.75, 3.05) is 36.8 Å². The van der Waals surface area contributed by atoms with Gasteiger partial charge in [0.2, 0.25) is 10.6 Å². The number of piperidine rings is 2. The summed E-state index contributed by atoms with van der Waals surface area (Å²) in [5, 5.41) is 75.9. The summed E-state index contributed by atoms with van der Waals surface area (Å²) >= 11 is 12.9. The largest absolute Gasteiger partial charge is 0.388 e. The number of nitrogens with zero attached hydrogens (tertiary/aromatic N) is 18. The number of carbonyl (C=O) groups is 1. The lowest BCUT2D eigenvalue weighted by atomic mass is 10.0. The summed E-state index contributed by atoms with van der Waals surface area (Å²) in [5.74, 6) is 2.00. The highest BCUT2D eigenvalue weighted by molar-refractivity contribution is 6.29.